The van der Waals surface area contributed by atoms with E-state index in [-0.39, 0.29) is 4.90 Å². The van der Waals surface area contributed by atoms with E-state index in [2.05, 4.69) is 31.9 Å². The molecule has 112 valence electrons. The highest BCUT2D eigenvalue weighted by Gasteiger charge is 2.13. The van der Waals surface area contributed by atoms with Crippen LogP contribution in [0.3, 0.4) is 0 Å². The monoisotopic (exact) mass is 452 g/mol. The molecule has 2 aromatic carbocycles. The Bertz CT molecular complexity index is 781. The lowest BCUT2D eigenvalue weighted by atomic mass is 10.1. The van der Waals surface area contributed by atoms with Gasteiger partial charge in [-0.25, -0.2) is 8.42 Å². The van der Waals surface area contributed by atoms with Crippen molar-refractivity contribution in [1.29, 1.82) is 0 Å². The molecule has 0 bridgehead atoms. The molecule has 0 spiro atoms. The Balaban J connectivity index is 2.37. The standard InChI is InChI=1S/C14H11Br2ClO3S/c1-8-5-10(6-9(2)14(8)16)20-13-4-3-11(7-12(13)15)21(17,18)19/h3-7H,1-2H3. The van der Waals surface area contributed by atoms with Gasteiger partial charge in [0, 0.05) is 15.2 Å². The minimum atomic E-state index is -3.75. The van der Waals surface area contributed by atoms with E-state index in [0.717, 1.165) is 15.6 Å². The van der Waals surface area contributed by atoms with Crippen LogP contribution in [0.15, 0.2) is 44.2 Å². The van der Waals surface area contributed by atoms with Crippen LogP contribution < -0.4 is 4.74 Å². The van der Waals surface area contributed by atoms with Crippen LogP contribution in [0.5, 0.6) is 11.5 Å². The molecule has 2 aromatic rings. The van der Waals surface area contributed by atoms with Crippen LogP contribution in [0.4, 0.5) is 0 Å². The fourth-order valence-corrected chi connectivity index (χ4v) is 3.43. The highest BCUT2D eigenvalue weighted by Crippen LogP contribution is 2.34. The second-order valence-corrected chi connectivity index (χ2v) is 8.72. The first kappa shape index (κ1) is 16.8. The molecule has 0 fully saturated rings. The molecule has 0 amide bonds. The predicted molar refractivity (Wildman–Crippen MR) is 90.9 cm³/mol. The summed E-state index contributed by atoms with van der Waals surface area (Å²) in [7, 11) is 1.55. The molecule has 3 nitrogen and oxygen atoms in total. The fourth-order valence-electron chi connectivity index (χ4n) is 1.81. The summed E-state index contributed by atoms with van der Waals surface area (Å²) < 4.78 is 29.9. The van der Waals surface area contributed by atoms with Crippen LogP contribution in [0.1, 0.15) is 11.1 Å². The zero-order valence-electron chi connectivity index (χ0n) is 11.2. The summed E-state index contributed by atoms with van der Waals surface area (Å²) in [5.41, 5.74) is 2.11. The van der Waals surface area contributed by atoms with E-state index < -0.39 is 9.05 Å². The zero-order valence-corrected chi connectivity index (χ0v) is 15.9. The molecular formula is C14H11Br2ClO3S. The van der Waals surface area contributed by atoms with Gasteiger partial charge in [0.25, 0.3) is 9.05 Å². The van der Waals surface area contributed by atoms with Crippen LogP contribution in [-0.4, -0.2) is 8.42 Å². The van der Waals surface area contributed by atoms with E-state index >= 15 is 0 Å². The van der Waals surface area contributed by atoms with E-state index in [1.165, 1.54) is 12.1 Å². The summed E-state index contributed by atoms with van der Waals surface area (Å²) in [5, 5.41) is 0. The number of benzene rings is 2. The summed E-state index contributed by atoms with van der Waals surface area (Å²) >= 11 is 6.79. The Morgan fingerprint density at radius 3 is 2.10 bits per heavy atom. The number of ether oxygens (including phenoxy) is 1. The molecule has 0 heterocycles. The van der Waals surface area contributed by atoms with Crippen LogP contribution in [0, 0.1) is 13.8 Å². The molecule has 0 saturated carbocycles. The molecule has 0 aliphatic heterocycles. The van der Waals surface area contributed by atoms with Gasteiger partial charge in [-0.05, 0) is 71.2 Å². The van der Waals surface area contributed by atoms with Gasteiger partial charge in [0.05, 0.1) is 9.37 Å². The van der Waals surface area contributed by atoms with E-state index in [0.29, 0.717) is 16.0 Å². The average Bonchev–Trinajstić information content (AvgIpc) is 2.37. The van der Waals surface area contributed by atoms with E-state index in [9.17, 15) is 8.42 Å². The fraction of sp³-hybridized carbons (Fsp3) is 0.143. The first-order chi connectivity index (χ1) is 9.68. The number of halogens is 3. The van der Waals surface area contributed by atoms with Crippen molar-refractivity contribution in [3.05, 3.63) is 50.4 Å². The van der Waals surface area contributed by atoms with Crippen molar-refractivity contribution in [2.24, 2.45) is 0 Å². The SMILES string of the molecule is Cc1cc(Oc2ccc(S(=O)(=O)Cl)cc2Br)cc(C)c1Br. The third kappa shape index (κ3) is 4.00. The minimum absolute atomic E-state index is 0.0200. The lowest BCUT2D eigenvalue weighted by molar-refractivity contribution is 0.478. The van der Waals surface area contributed by atoms with Crippen LogP contribution in [-0.2, 0) is 9.05 Å². The Morgan fingerprint density at radius 2 is 1.62 bits per heavy atom. The van der Waals surface area contributed by atoms with Crippen molar-refractivity contribution in [1.82, 2.24) is 0 Å². The first-order valence-electron chi connectivity index (χ1n) is 5.87. The molecule has 7 heteroatoms. The van der Waals surface area contributed by atoms with Gasteiger partial charge < -0.3 is 4.74 Å². The summed E-state index contributed by atoms with van der Waals surface area (Å²) in [4.78, 5) is 0.0200. The summed E-state index contributed by atoms with van der Waals surface area (Å²) in [6.45, 7) is 3.95. The van der Waals surface area contributed by atoms with E-state index in [4.69, 9.17) is 15.4 Å². The van der Waals surface area contributed by atoms with Gasteiger partial charge in [0.1, 0.15) is 11.5 Å². The Kier molecular flexibility index (Phi) is 5.03. The first-order valence-corrected chi connectivity index (χ1v) is 9.77. The van der Waals surface area contributed by atoms with Crippen LogP contribution in [0.25, 0.3) is 0 Å². The van der Waals surface area contributed by atoms with E-state index in [1.807, 2.05) is 26.0 Å². The maximum absolute atomic E-state index is 11.3. The van der Waals surface area contributed by atoms with Crippen molar-refractivity contribution in [2.75, 3.05) is 0 Å². The molecule has 0 radical (unpaired) electrons. The quantitative estimate of drug-likeness (QED) is 0.571. The molecule has 0 aromatic heterocycles. The van der Waals surface area contributed by atoms with Gasteiger partial charge in [0.15, 0.2) is 0 Å². The molecule has 0 aliphatic rings. The second kappa shape index (κ2) is 6.28. The van der Waals surface area contributed by atoms with Gasteiger partial charge >= 0.3 is 0 Å². The van der Waals surface area contributed by atoms with Gasteiger partial charge in [0.2, 0.25) is 0 Å². The van der Waals surface area contributed by atoms with Gasteiger partial charge in [-0.3, -0.25) is 0 Å². The number of hydrogen-bond acceptors (Lipinski definition) is 3. The van der Waals surface area contributed by atoms with Crippen molar-refractivity contribution in [3.8, 4) is 11.5 Å². The van der Waals surface area contributed by atoms with E-state index in [1.54, 1.807) is 6.07 Å². The molecule has 21 heavy (non-hydrogen) atoms. The van der Waals surface area contributed by atoms with Crippen molar-refractivity contribution in [2.45, 2.75) is 18.7 Å². The molecule has 2 rings (SSSR count). The molecular weight excluding hydrogens is 443 g/mol. The third-order valence-electron chi connectivity index (χ3n) is 2.82. The molecule has 0 saturated heterocycles. The minimum Gasteiger partial charge on any atom is -0.456 e. The number of hydrogen-bond donors (Lipinski definition) is 0. The van der Waals surface area contributed by atoms with Crippen molar-refractivity contribution >= 4 is 51.6 Å². The lowest BCUT2D eigenvalue weighted by Crippen LogP contribution is -1.93. The maximum atomic E-state index is 11.3. The molecule has 0 aliphatic carbocycles. The third-order valence-corrected chi connectivity index (χ3v) is 6.04. The second-order valence-electron chi connectivity index (χ2n) is 4.50. The maximum Gasteiger partial charge on any atom is 0.261 e. The molecule has 0 N–H and O–H groups in total. The normalized spacial score (nSPS) is 11.5. The zero-order chi connectivity index (χ0) is 15.8. The summed E-state index contributed by atoms with van der Waals surface area (Å²) in [6.07, 6.45) is 0. The van der Waals surface area contributed by atoms with Crippen LogP contribution in [0.2, 0.25) is 0 Å². The van der Waals surface area contributed by atoms with Crippen LogP contribution >= 0.6 is 42.5 Å². The largest absolute Gasteiger partial charge is 0.456 e. The Morgan fingerprint density at radius 1 is 1.05 bits per heavy atom. The highest BCUT2D eigenvalue weighted by molar-refractivity contribution is 9.10. The van der Waals surface area contributed by atoms with Crippen molar-refractivity contribution in [3.63, 3.8) is 0 Å². The average molecular weight is 455 g/mol. The highest BCUT2D eigenvalue weighted by atomic mass is 79.9. The molecule has 0 atom stereocenters. The number of rotatable bonds is 3. The summed E-state index contributed by atoms with van der Waals surface area (Å²) in [5.74, 6) is 1.19. The lowest BCUT2D eigenvalue weighted by Gasteiger charge is -2.11. The predicted octanol–water partition coefficient (Wildman–Crippen LogP) is 5.55. The molecule has 0 unspecified atom stereocenters. The Hall–Kier alpha value is -0.560. The Labute approximate surface area is 144 Å². The van der Waals surface area contributed by atoms with Crippen molar-refractivity contribution < 1.29 is 13.2 Å². The smallest absolute Gasteiger partial charge is 0.261 e. The van der Waals surface area contributed by atoms with Gasteiger partial charge in [-0.1, -0.05) is 15.9 Å². The van der Waals surface area contributed by atoms with Gasteiger partial charge in [-0.15, -0.1) is 0 Å². The topological polar surface area (TPSA) is 43.4 Å². The summed E-state index contributed by atoms with van der Waals surface area (Å²) in [6, 6.07) is 8.18. The number of aryl methyl sites for hydroxylation is 2. The van der Waals surface area contributed by atoms with Gasteiger partial charge in [-0.2, -0.15) is 0 Å².